The molecule has 0 saturated carbocycles. The third kappa shape index (κ3) is 4.07. The molecule has 23 heavy (non-hydrogen) atoms. The van der Waals surface area contributed by atoms with Crippen molar-refractivity contribution in [3.8, 4) is 0 Å². The average molecular weight is 305 g/mol. The summed E-state index contributed by atoms with van der Waals surface area (Å²) in [6.07, 6.45) is 5.39. The molecule has 116 valence electrons. The molecule has 0 aliphatic carbocycles. The van der Waals surface area contributed by atoms with Gasteiger partial charge in [0, 0.05) is 17.9 Å². The van der Waals surface area contributed by atoms with Crippen LogP contribution in [0.3, 0.4) is 0 Å². The van der Waals surface area contributed by atoms with Crippen molar-refractivity contribution >= 4 is 23.0 Å². The summed E-state index contributed by atoms with van der Waals surface area (Å²) in [5.74, 6) is -0.123. The maximum Gasteiger partial charge on any atom is 0.259 e. The molecule has 3 aromatic rings. The fourth-order valence-electron chi connectivity index (χ4n) is 2.53. The summed E-state index contributed by atoms with van der Waals surface area (Å²) in [5, 5.41) is 5.14. The van der Waals surface area contributed by atoms with Gasteiger partial charge in [0.25, 0.3) is 5.91 Å². The van der Waals surface area contributed by atoms with Gasteiger partial charge in [0.15, 0.2) is 0 Å². The molecule has 0 unspecified atom stereocenters. The Kier molecular flexibility index (Phi) is 4.84. The topological polar surface area (TPSA) is 46.4 Å². The Balaban J connectivity index is 1.47. The smallest absolute Gasteiger partial charge is 0.259 e. The summed E-state index contributed by atoms with van der Waals surface area (Å²) < 4.78 is 1.92. The molecular formula is C19H19N3O. The Hall–Kier alpha value is -2.88. The minimum Gasteiger partial charge on any atom is -0.338 e. The number of para-hydroxylation sites is 1. The van der Waals surface area contributed by atoms with E-state index in [0.717, 1.165) is 23.7 Å². The maximum atomic E-state index is 11.9. The number of hydrazone groups is 1. The van der Waals surface area contributed by atoms with E-state index in [1.165, 1.54) is 5.56 Å². The number of aromatic nitrogens is 1. The highest BCUT2D eigenvalue weighted by atomic mass is 16.2. The van der Waals surface area contributed by atoms with Gasteiger partial charge in [-0.25, -0.2) is 5.43 Å². The molecule has 0 radical (unpaired) electrons. The molecule has 0 fully saturated rings. The first-order chi connectivity index (χ1) is 11.3. The predicted octanol–water partition coefficient (Wildman–Crippen LogP) is 3.38. The van der Waals surface area contributed by atoms with E-state index in [2.05, 4.69) is 22.7 Å². The maximum absolute atomic E-state index is 11.9. The van der Waals surface area contributed by atoms with Crippen molar-refractivity contribution < 1.29 is 4.79 Å². The van der Waals surface area contributed by atoms with Gasteiger partial charge in [-0.2, -0.15) is 5.10 Å². The van der Waals surface area contributed by atoms with Crippen LogP contribution in [0.2, 0.25) is 0 Å². The number of fused-ring (bicyclic) bond motifs is 1. The van der Waals surface area contributed by atoms with Crippen LogP contribution in [0.4, 0.5) is 0 Å². The Bertz CT molecular complexity index is 806. The van der Waals surface area contributed by atoms with Crippen LogP contribution >= 0.6 is 0 Å². The predicted molar refractivity (Wildman–Crippen MR) is 93.3 cm³/mol. The van der Waals surface area contributed by atoms with Crippen LogP contribution in [-0.2, 0) is 17.8 Å². The zero-order valence-electron chi connectivity index (χ0n) is 12.9. The van der Waals surface area contributed by atoms with Crippen molar-refractivity contribution in [2.75, 3.05) is 0 Å². The minimum absolute atomic E-state index is 0.123. The molecule has 0 saturated heterocycles. The van der Waals surface area contributed by atoms with Crippen molar-refractivity contribution in [3.63, 3.8) is 0 Å². The summed E-state index contributed by atoms with van der Waals surface area (Å²) in [4.78, 5) is 11.9. The molecule has 1 heterocycles. The normalized spacial score (nSPS) is 11.1. The van der Waals surface area contributed by atoms with Crippen molar-refractivity contribution in [2.24, 2.45) is 5.10 Å². The lowest BCUT2D eigenvalue weighted by Gasteiger charge is -2.04. The van der Waals surface area contributed by atoms with E-state index >= 15 is 0 Å². The number of aryl methyl sites for hydroxylation is 1. The van der Waals surface area contributed by atoms with E-state index in [9.17, 15) is 4.79 Å². The summed E-state index contributed by atoms with van der Waals surface area (Å²) in [6.45, 7) is 0.267. The summed E-state index contributed by atoms with van der Waals surface area (Å²) in [5.41, 5.74) is 4.90. The third-order valence-corrected chi connectivity index (χ3v) is 3.68. The molecular weight excluding hydrogens is 286 g/mol. The first kappa shape index (κ1) is 15.0. The summed E-state index contributed by atoms with van der Waals surface area (Å²) >= 11 is 0. The van der Waals surface area contributed by atoms with Crippen LogP contribution in [0.15, 0.2) is 72.0 Å². The largest absolute Gasteiger partial charge is 0.338 e. The zero-order valence-corrected chi connectivity index (χ0v) is 12.9. The van der Waals surface area contributed by atoms with E-state index < -0.39 is 0 Å². The van der Waals surface area contributed by atoms with E-state index in [-0.39, 0.29) is 12.5 Å². The first-order valence-electron chi connectivity index (χ1n) is 7.71. The molecule has 4 nitrogen and oxygen atoms in total. The fraction of sp³-hybridized carbons (Fsp3) is 0.158. The van der Waals surface area contributed by atoms with Crippen LogP contribution in [0.5, 0.6) is 0 Å². The second-order valence-electron chi connectivity index (χ2n) is 5.37. The molecule has 4 heteroatoms. The molecule has 0 aliphatic rings. The average Bonchev–Trinajstić information content (AvgIpc) is 2.99. The third-order valence-electron chi connectivity index (χ3n) is 3.68. The van der Waals surface area contributed by atoms with E-state index in [1.54, 1.807) is 6.21 Å². The molecule has 1 N–H and O–H groups in total. The molecule has 0 bridgehead atoms. The number of nitrogens with one attached hydrogen (secondary N) is 1. The van der Waals surface area contributed by atoms with Gasteiger partial charge in [-0.15, -0.1) is 0 Å². The van der Waals surface area contributed by atoms with Crippen molar-refractivity contribution in [1.82, 2.24) is 9.99 Å². The highest BCUT2D eigenvalue weighted by Gasteiger charge is 2.04. The quantitative estimate of drug-likeness (QED) is 0.551. The molecule has 0 spiro atoms. The molecule has 2 aromatic carbocycles. The lowest BCUT2D eigenvalue weighted by atomic mass is 10.1. The molecule has 0 aliphatic heterocycles. The monoisotopic (exact) mass is 305 g/mol. The van der Waals surface area contributed by atoms with Crippen LogP contribution in [0, 0.1) is 0 Å². The number of carbonyl (C=O) groups excluding carboxylic acids is 1. The Morgan fingerprint density at radius 3 is 2.70 bits per heavy atom. The number of amides is 1. The second-order valence-corrected chi connectivity index (χ2v) is 5.37. The van der Waals surface area contributed by atoms with Gasteiger partial charge in [0.05, 0.1) is 0 Å². The molecule has 1 aromatic heterocycles. The van der Waals surface area contributed by atoms with E-state index in [1.807, 2.05) is 59.3 Å². The fourth-order valence-corrected chi connectivity index (χ4v) is 2.53. The van der Waals surface area contributed by atoms with Crippen LogP contribution in [0.25, 0.3) is 10.9 Å². The SMILES string of the molecule is O=C(Cn1ccc2ccccc21)N/N=C/CCc1ccccc1. The van der Waals surface area contributed by atoms with Gasteiger partial charge in [-0.1, -0.05) is 48.5 Å². The molecule has 1 amide bonds. The van der Waals surface area contributed by atoms with Gasteiger partial charge in [0.1, 0.15) is 6.54 Å². The summed E-state index contributed by atoms with van der Waals surface area (Å²) in [6, 6.07) is 20.2. The molecule has 0 atom stereocenters. The van der Waals surface area contributed by atoms with Crippen molar-refractivity contribution in [1.29, 1.82) is 0 Å². The summed E-state index contributed by atoms with van der Waals surface area (Å²) in [7, 11) is 0. The Morgan fingerprint density at radius 1 is 1.04 bits per heavy atom. The molecule has 3 rings (SSSR count). The highest BCUT2D eigenvalue weighted by molar-refractivity contribution is 5.83. The van der Waals surface area contributed by atoms with Gasteiger partial charge >= 0.3 is 0 Å². The Labute approximate surface area is 135 Å². The lowest BCUT2D eigenvalue weighted by molar-refractivity contribution is -0.121. The van der Waals surface area contributed by atoms with Gasteiger partial charge < -0.3 is 4.57 Å². The highest BCUT2D eigenvalue weighted by Crippen LogP contribution is 2.14. The number of rotatable bonds is 6. The van der Waals surface area contributed by atoms with Gasteiger partial charge in [-0.05, 0) is 35.9 Å². The van der Waals surface area contributed by atoms with Crippen molar-refractivity contribution in [3.05, 3.63) is 72.4 Å². The standard InChI is InChI=1S/C19H19N3O/c23-19(15-22-14-12-17-10-4-5-11-18(17)22)21-20-13-6-9-16-7-2-1-3-8-16/h1-5,7-8,10-14H,6,9,15H2,(H,21,23)/b20-13+. The minimum atomic E-state index is -0.123. The second kappa shape index (κ2) is 7.40. The van der Waals surface area contributed by atoms with Crippen LogP contribution in [0.1, 0.15) is 12.0 Å². The van der Waals surface area contributed by atoms with Gasteiger partial charge in [0.2, 0.25) is 0 Å². The van der Waals surface area contributed by atoms with E-state index in [0.29, 0.717) is 0 Å². The Morgan fingerprint density at radius 2 is 1.83 bits per heavy atom. The number of hydrogen-bond donors (Lipinski definition) is 1. The van der Waals surface area contributed by atoms with Crippen LogP contribution < -0.4 is 5.43 Å². The number of hydrogen-bond acceptors (Lipinski definition) is 2. The lowest BCUT2D eigenvalue weighted by Crippen LogP contribution is -2.22. The number of nitrogens with zero attached hydrogens (tertiary/aromatic N) is 2. The van der Waals surface area contributed by atoms with E-state index in [4.69, 9.17) is 0 Å². The van der Waals surface area contributed by atoms with Crippen molar-refractivity contribution in [2.45, 2.75) is 19.4 Å². The zero-order chi connectivity index (χ0) is 15.9. The van der Waals surface area contributed by atoms with Gasteiger partial charge in [-0.3, -0.25) is 4.79 Å². The first-order valence-corrected chi connectivity index (χ1v) is 7.71. The number of benzene rings is 2. The van der Waals surface area contributed by atoms with Crippen LogP contribution in [-0.4, -0.2) is 16.7 Å². The number of carbonyl (C=O) groups is 1.